The summed E-state index contributed by atoms with van der Waals surface area (Å²) in [6, 6.07) is 11.0. The number of aliphatic hydroxyl groups is 1. The number of carbonyl (C=O) groups is 2. The monoisotopic (exact) mass is 334 g/mol. The summed E-state index contributed by atoms with van der Waals surface area (Å²) in [4.78, 5) is 23.3. The summed E-state index contributed by atoms with van der Waals surface area (Å²) in [5.41, 5.74) is 4.71. The van der Waals surface area contributed by atoms with Crippen LogP contribution in [0.4, 0.5) is 8.78 Å². The first-order valence-electron chi connectivity index (χ1n) is 7.20. The van der Waals surface area contributed by atoms with Gasteiger partial charge in [-0.25, -0.2) is 8.78 Å². The van der Waals surface area contributed by atoms with Crippen molar-refractivity contribution in [3.8, 4) is 0 Å². The number of amides is 2. The molecule has 0 aliphatic carbocycles. The van der Waals surface area contributed by atoms with Crippen molar-refractivity contribution in [3.05, 3.63) is 71.3 Å². The topological polar surface area (TPSA) is 78.4 Å². The molecule has 0 fully saturated rings. The van der Waals surface area contributed by atoms with Crippen molar-refractivity contribution in [1.29, 1.82) is 0 Å². The molecule has 2 rings (SSSR count). The summed E-state index contributed by atoms with van der Waals surface area (Å²) in [7, 11) is 0. The van der Waals surface area contributed by atoms with Gasteiger partial charge in [0.05, 0.1) is 18.9 Å². The number of benzene rings is 2. The molecule has 1 unspecified atom stereocenters. The number of hydrogen-bond acceptors (Lipinski definition) is 3. The summed E-state index contributed by atoms with van der Waals surface area (Å²) in [5, 5.41) is 9.86. The van der Waals surface area contributed by atoms with E-state index in [1.54, 1.807) is 6.07 Å². The Bertz CT molecular complexity index is 737. The van der Waals surface area contributed by atoms with Crippen LogP contribution in [0.15, 0.2) is 48.5 Å². The highest BCUT2D eigenvalue weighted by molar-refractivity contribution is 5.83. The quantitative estimate of drug-likeness (QED) is 0.730. The van der Waals surface area contributed by atoms with E-state index in [-0.39, 0.29) is 24.0 Å². The smallest absolute Gasteiger partial charge is 0.242 e. The van der Waals surface area contributed by atoms with Gasteiger partial charge in [0.15, 0.2) is 0 Å². The maximum atomic E-state index is 13.4. The van der Waals surface area contributed by atoms with Gasteiger partial charge in [0, 0.05) is 0 Å². The third-order valence-electron chi connectivity index (χ3n) is 3.26. The number of aliphatic hydroxyl groups excluding tert-OH is 1. The minimum Gasteiger partial charge on any atom is -0.388 e. The highest BCUT2D eigenvalue weighted by Crippen LogP contribution is 2.17. The van der Waals surface area contributed by atoms with Crippen LogP contribution in [0.1, 0.15) is 23.7 Å². The van der Waals surface area contributed by atoms with Crippen LogP contribution >= 0.6 is 0 Å². The number of hydrazine groups is 1. The van der Waals surface area contributed by atoms with Crippen LogP contribution in [-0.4, -0.2) is 16.9 Å². The molecular formula is C17H16F2N2O3. The Kier molecular flexibility index (Phi) is 5.97. The molecule has 126 valence electrons. The molecule has 2 amide bonds. The second-order valence-corrected chi connectivity index (χ2v) is 5.14. The molecule has 5 nitrogen and oxygen atoms in total. The molecule has 2 aromatic carbocycles. The zero-order chi connectivity index (χ0) is 17.5. The van der Waals surface area contributed by atoms with Crippen molar-refractivity contribution < 1.29 is 23.5 Å². The number of carbonyl (C=O) groups excluding carboxylic acids is 2. The molecule has 0 spiro atoms. The molecule has 0 aliphatic heterocycles. The van der Waals surface area contributed by atoms with Gasteiger partial charge in [-0.15, -0.1) is 0 Å². The molecule has 7 heteroatoms. The number of halogens is 2. The molecule has 0 radical (unpaired) electrons. The Morgan fingerprint density at radius 1 is 1.00 bits per heavy atom. The molecule has 2 aromatic rings. The van der Waals surface area contributed by atoms with Crippen molar-refractivity contribution in [3.63, 3.8) is 0 Å². The Labute approximate surface area is 137 Å². The van der Waals surface area contributed by atoms with Gasteiger partial charge in [-0.3, -0.25) is 20.4 Å². The van der Waals surface area contributed by atoms with E-state index in [0.717, 1.165) is 6.07 Å². The van der Waals surface area contributed by atoms with Gasteiger partial charge in [0.1, 0.15) is 11.6 Å². The molecule has 0 heterocycles. The third kappa shape index (κ3) is 5.13. The van der Waals surface area contributed by atoms with E-state index >= 15 is 0 Å². The van der Waals surface area contributed by atoms with E-state index in [4.69, 9.17) is 0 Å². The van der Waals surface area contributed by atoms with Crippen LogP contribution in [-0.2, 0) is 16.0 Å². The van der Waals surface area contributed by atoms with Gasteiger partial charge in [0.2, 0.25) is 11.8 Å². The third-order valence-corrected chi connectivity index (χ3v) is 3.26. The van der Waals surface area contributed by atoms with E-state index in [1.807, 2.05) is 0 Å². The van der Waals surface area contributed by atoms with Crippen LogP contribution in [0.5, 0.6) is 0 Å². The minimum atomic E-state index is -1.20. The fourth-order valence-electron chi connectivity index (χ4n) is 2.06. The van der Waals surface area contributed by atoms with Gasteiger partial charge in [-0.1, -0.05) is 30.3 Å². The predicted octanol–water partition coefficient (Wildman–Crippen LogP) is 1.78. The second-order valence-electron chi connectivity index (χ2n) is 5.14. The Morgan fingerprint density at radius 2 is 1.71 bits per heavy atom. The standard InChI is InChI=1S/C17H16F2N2O3/c18-13-6-3-5-12(8-13)15(22)10-17(24)21-20-16(23)9-11-4-1-2-7-14(11)19/h1-8,15,22H,9-10H2,(H,20,23)(H,21,24). The van der Waals surface area contributed by atoms with Crippen LogP contribution < -0.4 is 10.9 Å². The van der Waals surface area contributed by atoms with Gasteiger partial charge in [-0.05, 0) is 29.3 Å². The number of rotatable bonds is 5. The van der Waals surface area contributed by atoms with E-state index < -0.39 is 29.6 Å². The SMILES string of the molecule is O=C(Cc1ccccc1F)NNC(=O)CC(O)c1cccc(F)c1. The second kappa shape index (κ2) is 8.16. The lowest BCUT2D eigenvalue weighted by Crippen LogP contribution is -2.42. The molecule has 0 bridgehead atoms. The Hall–Kier alpha value is -2.80. The van der Waals surface area contributed by atoms with Crippen LogP contribution in [0.2, 0.25) is 0 Å². The fraction of sp³-hybridized carbons (Fsp3) is 0.176. The maximum absolute atomic E-state index is 13.4. The largest absolute Gasteiger partial charge is 0.388 e. The predicted molar refractivity (Wildman–Crippen MR) is 82.4 cm³/mol. The first-order chi connectivity index (χ1) is 11.5. The first-order valence-corrected chi connectivity index (χ1v) is 7.20. The Morgan fingerprint density at radius 3 is 2.42 bits per heavy atom. The summed E-state index contributed by atoms with van der Waals surface area (Å²) in [6.07, 6.45) is -1.80. The normalized spacial score (nSPS) is 11.6. The molecule has 0 saturated carbocycles. The van der Waals surface area contributed by atoms with Gasteiger partial charge in [-0.2, -0.15) is 0 Å². The van der Waals surface area contributed by atoms with Gasteiger partial charge >= 0.3 is 0 Å². The molecule has 24 heavy (non-hydrogen) atoms. The van der Waals surface area contributed by atoms with E-state index in [9.17, 15) is 23.5 Å². The maximum Gasteiger partial charge on any atom is 0.242 e. The lowest BCUT2D eigenvalue weighted by Gasteiger charge is -2.12. The summed E-state index contributed by atoms with van der Waals surface area (Å²) >= 11 is 0. The first kappa shape index (κ1) is 17.6. The van der Waals surface area contributed by atoms with Crippen molar-refractivity contribution in [2.45, 2.75) is 18.9 Å². The molecule has 3 N–H and O–H groups in total. The van der Waals surface area contributed by atoms with Crippen LogP contribution in [0, 0.1) is 11.6 Å². The lowest BCUT2D eigenvalue weighted by molar-refractivity contribution is -0.129. The van der Waals surface area contributed by atoms with Crippen molar-refractivity contribution in [1.82, 2.24) is 10.9 Å². The average molecular weight is 334 g/mol. The van der Waals surface area contributed by atoms with E-state index in [1.165, 1.54) is 36.4 Å². The van der Waals surface area contributed by atoms with E-state index in [2.05, 4.69) is 10.9 Å². The molecule has 0 aliphatic rings. The number of nitrogens with one attached hydrogen (secondary N) is 2. The molecule has 0 saturated heterocycles. The molecular weight excluding hydrogens is 318 g/mol. The average Bonchev–Trinajstić information content (AvgIpc) is 2.55. The Balaban J connectivity index is 1.80. The lowest BCUT2D eigenvalue weighted by atomic mass is 10.1. The summed E-state index contributed by atoms with van der Waals surface area (Å²) < 4.78 is 26.5. The highest BCUT2D eigenvalue weighted by atomic mass is 19.1. The van der Waals surface area contributed by atoms with Crippen molar-refractivity contribution in [2.24, 2.45) is 0 Å². The molecule has 0 aromatic heterocycles. The minimum absolute atomic E-state index is 0.198. The summed E-state index contributed by atoms with van der Waals surface area (Å²) in [6.45, 7) is 0. The summed E-state index contributed by atoms with van der Waals surface area (Å²) in [5.74, 6) is -2.30. The van der Waals surface area contributed by atoms with Crippen molar-refractivity contribution >= 4 is 11.8 Å². The fourth-order valence-corrected chi connectivity index (χ4v) is 2.06. The zero-order valence-corrected chi connectivity index (χ0v) is 12.6. The molecule has 1 atom stereocenters. The van der Waals surface area contributed by atoms with Gasteiger partial charge in [0.25, 0.3) is 0 Å². The van der Waals surface area contributed by atoms with Crippen molar-refractivity contribution in [2.75, 3.05) is 0 Å². The zero-order valence-electron chi connectivity index (χ0n) is 12.6. The van der Waals surface area contributed by atoms with Crippen LogP contribution in [0.25, 0.3) is 0 Å². The highest BCUT2D eigenvalue weighted by Gasteiger charge is 2.14. The van der Waals surface area contributed by atoms with Crippen LogP contribution in [0.3, 0.4) is 0 Å². The van der Waals surface area contributed by atoms with Gasteiger partial charge < -0.3 is 5.11 Å². The van der Waals surface area contributed by atoms with E-state index in [0.29, 0.717) is 0 Å². The number of hydrogen-bond donors (Lipinski definition) is 3.